The lowest BCUT2D eigenvalue weighted by atomic mass is 10.2. The van der Waals surface area contributed by atoms with E-state index in [1.54, 1.807) is 11.3 Å². The Balaban J connectivity index is 1.66. The summed E-state index contributed by atoms with van der Waals surface area (Å²) in [6.07, 6.45) is 3.50. The maximum atomic E-state index is 13.6. The van der Waals surface area contributed by atoms with Crippen molar-refractivity contribution in [3.63, 3.8) is 0 Å². The van der Waals surface area contributed by atoms with Crippen molar-refractivity contribution in [2.45, 2.75) is 25.8 Å². The van der Waals surface area contributed by atoms with Gasteiger partial charge in [0.05, 0.1) is 12.1 Å². The molecule has 1 amide bonds. The van der Waals surface area contributed by atoms with Crippen molar-refractivity contribution < 1.29 is 9.18 Å². The zero-order valence-corrected chi connectivity index (χ0v) is 11.7. The van der Waals surface area contributed by atoms with Crippen molar-refractivity contribution in [3.8, 4) is 0 Å². The number of nitrogens with two attached hydrogens (primary N) is 1. The summed E-state index contributed by atoms with van der Waals surface area (Å²) in [6, 6.07) is 6.24. The van der Waals surface area contributed by atoms with Crippen LogP contribution in [0.25, 0.3) is 0 Å². The highest BCUT2D eigenvalue weighted by Gasteiger charge is 2.16. The number of thiophene rings is 1. The van der Waals surface area contributed by atoms with Crippen molar-refractivity contribution >= 4 is 22.9 Å². The van der Waals surface area contributed by atoms with E-state index in [0.29, 0.717) is 12.2 Å². The van der Waals surface area contributed by atoms with Gasteiger partial charge in [0.25, 0.3) is 5.91 Å². The van der Waals surface area contributed by atoms with E-state index < -0.39 is 11.7 Å². The van der Waals surface area contributed by atoms with E-state index >= 15 is 0 Å². The average Bonchev–Trinajstić information content (AvgIpc) is 2.96. The van der Waals surface area contributed by atoms with Crippen LogP contribution in [0.5, 0.6) is 0 Å². The number of carbonyl (C=O) groups is 1. The molecule has 2 aromatic rings. The van der Waals surface area contributed by atoms with Crippen molar-refractivity contribution in [1.82, 2.24) is 5.32 Å². The summed E-state index contributed by atoms with van der Waals surface area (Å²) < 4.78 is 13.6. The Bertz CT molecular complexity index is 644. The highest BCUT2D eigenvalue weighted by Crippen LogP contribution is 2.30. The first-order chi connectivity index (χ1) is 9.63. The lowest BCUT2D eigenvalue weighted by Gasteiger charge is -2.05. The minimum Gasteiger partial charge on any atom is -0.399 e. The van der Waals surface area contributed by atoms with Gasteiger partial charge >= 0.3 is 0 Å². The maximum Gasteiger partial charge on any atom is 0.254 e. The van der Waals surface area contributed by atoms with Crippen molar-refractivity contribution in [2.75, 3.05) is 5.73 Å². The number of carbonyl (C=O) groups excluding carboxylic acids is 1. The summed E-state index contributed by atoms with van der Waals surface area (Å²) in [5, 5.41) is 2.75. The number of hydrogen-bond acceptors (Lipinski definition) is 3. The van der Waals surface area contributed by atoms with E-state index in [1.165, 1.54) is 29.0 Å². The van der Waals surface area contributed by atoms with Crippen molar-refractivity contribution in [3.05, 3.63) is 51.0 Å². The smallest absolute Gasteiger partial charge is 0.254 e. The van der Waals surface area contributed by atoms with E-state index in [1.807, 2.05) is 0 Å². The number of nitrogens with one attached hydrogen (secondary N) is 1. The number of amides is 1. The van der Waals surface area contributed by atoms with Gasteiger partial charge < -0.3 is 11.1 Å². The molecule has 0 spiro atoms. The van der Waals surface area contributed by atoms with Crippen LogP contribution in [0.3, 0.4) is 0 Å². The van der Waals surface area contributed by atoms with Gasteiger partial charge in [0.2, 0.25) is 0 Å². The molecular formula is C15H15FN2OS. The van der Waals surface area contributed by atoms with Crippen LogP contribution < -0.4 is 11.1 Å². The fourth-order valence-corrected chi connectivity index (χ4v) is 3.66. The molecule has 0 saturated carbocycles. The lowest BCUT2D eigenvalue weighted by molar-refractivity contribution is 0.0947. The number of benzene rings is 1. The predicted octanol–water partition coefficient (Wildman–Crippen LogP) is 2.89. The third kappa shape index (κ3) is 2.54. The third-order valence-corrected chi connectivity index (χ3v) is 4.70. The number of hydrogen-bond donors (Lipinski definition) is 2. The minimum absolute atomic E-state index is 0.0308. The monoisotopic (exact) mass is 290 g/mol. The van der Waals surface area contributed by atoms with Crippen LogP contribution >= 0.6 is 11.3 Å². The molecule has 0 fully saturated rings. The van der Waals surface area contributed by atoms with E-state index in [4.69, 9.17) is 5.73 Å². The van der Waals surface area contributed by atoms with Crippen LogP contribution in [0, 0.1) is 5.82 Å². The second-order valence-electron chi connectivity index (χ2n) is 4.94. The Kier molecular flexibility index (Phi) is 3.44. The first-order valence-corrected chi connectivity index (χ1v) is 7.39. The second-order valence-corrected chi connectivity index (χ2v) is 6.16. The SMILES string of the molecule is Nc1ccc(C(=O)NCc2cc3c(s2)CCC3)c(F)c1. The Hall–Kier alpha value is -1.88. The van der Waals surface area contributed by atoms with Gasteiger partial charge in [0, 0.05) is 15.4 Å². The van der Waals surface area contributed by atoms with Crippen molar-refractivity contribution in [2.24, 2.45) is 0 Å². The molecule has 1 aromatic carbocycles. The second kappa shape index (κ2) is 5.25. The summed E-state index contributed by atoms with van der Waals surface area (Å²) in [5.74, 6) is -0.993. The molecule has 0 radical (unpaired) electrons. The molecule has 0 bridgehead atoms. The Morgan fingerprint density at radius 2 is 2.20 bits per heavy atom. The van der Waals surface area contributed by atoms with Gasteiger partial charge in [0.1, 0.15) is 5.82 Å². The number of anilines is 1. The summed E-state index contributed by atoms with van der Waals surface area (Å²) in [5.41, 5.74) is 7.21. The standard InChI is InChI=1S/C15H15FN2OS/c16-13-7-10(17)4-5-12(13)15(19)18-8-11-6-9-2-1-3-14(9)20-11/h4-7H,1-3,8,17H2,(H,18,19). The fraction of sp³-hybridized carbons (Fsp3) is 0.267. The van der Waals surface area contributed by atoms with Crippen molar-refractivity contribution in [1.29, 1.82) is 0 Å². The quantitative estimate of drug-likeness (QED) is 0.854. The molecule has 1 aliphatic carbocycles. The van der Waals surface area contributed by atoms with Gasteiger partial charge in [-0.2, -0.15) is 0 Å². The number of halogens is 1. The summed E-state index contributed by atoms with van der Waals surface area (Å²) in [4.78, 5) is 14.5. The zero-order chi connectivity index (χ0) is 14.1. The fourth-order valence-electron chi connectivity index (χ4n) is 2.46. The van der Waals surface area contributed by atoms with Gasteiger partial charge in [-0.3, -0.25) is 4.79 Å². The van der Waals surface area contributed by atoms with Crippen LogP contribution in [0.1, 0.15) is 32.1 Å². The molecule has 20 heavy (non-hydrogen) atoms. The normalized spacial score (nSPS) is 13.2. The van der Waals surface area contributed by atoms with Crippen LogP contribution in [0.2, 0.25) is 0 Å². The Morgan fingerprint density at radius 1 is 1.35 bits per heavy atom. The number of nitrogen functional groups attached to an aromatic ring is 1. The van der Waals surface area contributed by atoms with Crippen LogP contribution in [-0.4, -0.2) is 5.91 Å². The summed E-state index contributed by atoms with van der Waals surface area (Å²) >= 11 is 1.74. The molecular weight excluding hydrogens is 275 g/mol. The molecule has 104 valence electrons. The highest BCUT2D eigenvalue weighted by molar-refractivity contribution is 7.12. The molecule has 0 saturated heterocycles. The van der Waals surface area contributed by atoms with Crippen LogP contribution in [0.4, 0.5) is 10.1 Å². The molecule has 1 aliphatic rings. The van der Waals surface area contributed by atoms with E-state index in [2.05, 4.69) is 11.4 Å². The molecule has 0 aliphatic heterocycles. The van der Waals surface area contributed by atoms with Gasteiger partial charge in [-0.05, 0) is 49.1 Å². The van der Waals surface area contributed by atoms with Crippen LogP contribution in [0.15, 0.2) is 24.3 Å². The molecule has 3 rings (SSSR count). The van der Waals surface area contributed by atoms with Gasteiger partial charge in [-0.15, -0.1) is 11.3 Å². The first-order valence-electron chi connectivity index (χ1n) is 6.57. The number of rotatable bonds is 3. The molecule has 1 aromatic heterocycles. The third-order valence-electron chi connectivity index (χ3n) is 3.46. The molecule has 0 unspecified atom stereocenters. The van der Waals surface area contributed by atoms with E-state index in [-0.39, 0.29) is 5.56 Å². The van der Waals surface area contributed by atoms with Gasteiger partial charge in [-0.25, -0.2) is 4.39 Å². The summed E-state index contributed by atoms with van der Waals surface area (Å²) in [6.45, 7) is 0.445. The molecule has 3 N–H and O–H groups in total. The Labute approximate surface area is 120 Å². The maximum absolute atomic E-state index is 13.6. The molecule has 5 heteroatoms. The van der Waals surface area contributed by atoms with Gasteiger partial charge in [0.15, 0.2) is 0 Å². The molecule has 1 heterocycles. The van der Waals surface area contributed by atoms with E-state index in [9.17, 15) is 9.18 Å². The average molecular weight is 290 g/mol. The highest BCUT2D eigenvalue weighted by atomic mass is 32.1. The predicted molar refractivity (Wildman–Crippen MR) is 78.3 cm³/mol. The Morgan fingerprint density at radius 3 is 2.95 bits per heavy atom. The number of aryl methyl sites for hydroxylation is 2. The largest absolute Gasteiger partial charge is 0.399 e. The zero-order valence-electron chi connectivity index (χ0n) is 10.9. The molecule has 3 nitrogen and oxygen atoms in total. The number of fused-ring (bicyclic) bond motifs is 1. The van der Waals surface area contributed by atoms with Crippen LogP contribution in [-0.2, 0) is 19.4 Å². The lowest BCUT2D eigenvalue weighted by Crippen LogP contribution is -2.23. The minimum atomic E-state index is -0.587. The first kappa shape index (κ1) is 13.1. The summed E-state index contributed by atoms with van der Waals surface area (Å²) in [7, 11) is 0. The van der Waals surface area contributed by atoms with Gasteiger partial charge in [-0.1, -0.05) is 0 Å². The van der Waals surface area contributed by atoms with E-state index in [0.717, 1.165) is 23.8 Å². The topological polar surface area (TPSA) is 55.1 Å². The molecule has 0 atom stereocenters.